The summed E-state index contributed by atoms with van der Waals surface area (Å²) in [4.78, 5) is 12.0. The van der Waals surface area contributed by atoms with Gasteiger partial charge in [0.2, 0.25) is 0 Å². The van der Waals surface area contributed by atoms with Gasteiger partial charge in [-0.15, -0.1) is 0 Å². The van der Waals surface area contributed by atoms with Gasteiger partial charge in [0, 0.05) is 30.6 Å². The molecule has 1 aromatic heterocycles. The van der Waals surface area contributed by atoms with Crippen molar-refractivity contribution in [2.45, 2.75) is 65.8 Å². The van der Waals surface area contributed by atoms with Crippen LogP contribution >= 0.6 is 0 Å². The fourth-order valence-corrected chi connectivity index (χ4v) is 2.99. The second-order valence-electron chi connectivity index (χ2n) is 6.29. The Kier molecular flexibility index (Phi) is 4.51. The van der Waals surface area contributed by atoms with Gasteiger partial charge in [0.05, 0.1) is 0 Å². The molecule has 1 N–H and O–H groups in total. The fourth-order valence-electron chi connectivity index (χ4n) is 2.99. The Morgan fingerprint density at radius 1 is 1.25 bits per heavy atom. The minimum Gasteiger partial charge on any atom is -0.370 e. The zero-order valence-electron chi connectivity index (χ0n) is 13.6. The van der Waals surface area contributed by atoms with Crippen LogP contribution in [0.4, 0.5) is 11.6 Å². The summed E-state index contributed by atoms with van der Waals surface area (Å²) in [5.74, 6) is 3.09. The molecule has 2 heterocycles. The van der Waals surface area contributed by atoms with E-state index in [1.807, 2.05) is 0 Å². The van der Waals surface area contributed by atoms with Crippen LogP contribution in [-0.2, 0) is 6.42 Å². The predicted molar refractivity (Wildman–Crippen MR) is 85.6 cm³/mol. The minimum atomic E-state index is 0.200. The molecule has 4 nitrogen and oxygen atoms in total. The van der Waals surface area contributed by atoms with Crippen molar-refractivity contribution in [1.29, 1.82) is 0 Å². The standard InChI is InChI=1S/C16H28N4/c1-6-9-13-18-14(17-7-2)12(3)15(19-13)20-11-8-10-16(20,4)5/h6-11H2,1-5H3,(H,17,18,19). The van der Waals surface area contributed by atoms with Gasteiger partial charge in [-0.1, -0.05) is 6.92 Å². The second kappa shape index (κ2) is 5.98. The molecule has 0 bridgehead atoms. The summed E-state index contributed by atoms with van der Waals surface area (Å²) in [6.45, 7) is 13.0. The molecule has 1 fully saturated rings. The SMILES string of the molecule is CCCc1nc(NCC)c(C)c(N2CCCC2(C)C)n1. The molecule has 0 aliphatic carbocycles. The molecule has 112 valence electrons. The van der Waals surface area contributed by atoms with Crippen LogP contribution in [0.3, 0.4) is 0 Å². The van der Waals surface area contributed by atoms with Crippen LogP contribution < -0.4 is 10.2 Å². The van der Waals surface area contributed by atoms with Crippen molar-refractivity contribution in [2.24, 2.45) is 0 Å². The Balaban J connectivity index is 2.44. The molecule has 1 aliphatic rings. The van der Waals surface area contributed by atoms with Gasteiger partial charge in [0.25, 0.3) is 0 Å². The summed E-state index contributed by atoms with van der Waals surface area (Å²) in [5.41, 5.74) is 1.38. The molecule has 1 aliphatic heterocycles. The van der Waals surface area contributed by atoms with E-state index in [1.54, 1.807) is 0 Å². The number of nitrogens with one attached hydrogen (secondary N) is 1. The van der Waals surface area contributed by atoms with Gasteiger partial charge in [-0.2, -0.15) is 0 Å². The highest BCUT2D eigenvalue weighted by Gasteiger charge is 2.34. The molecule has 1 aromatic rings. The monoisotopic (exact) mass is 276 g/mol. The quantitative estimate of drug-likeness (QED) is 0.893. The smallest absolute Gasteiger partial charge is 0.137 e. The van der Waals surface area contributed by atoms with E-state index in [1.165, 1.54) is 18.4 Å². The van der Waals surface area contributed by atoms with Gasteiger partial charge >= 0.3 is 0 Å². The number of hydrogen-bond acceptors (Lipinski definition) is 4. The van der Waals surface area contributed by atoms with Crippen molar-refractivity contribution in [3.8, 4) is 0 Å². The van der Waals surface area contributed by atoms with Gasteiger partial charge in [0.1, 0.15) is 17.5 Å². The molecule has 20 heavy (non-hydrogen) atoms. The third-order valence-corrected chi connectivity index (χ3v) is 4.14. The number of hydrogen-bond donors (Lipinski definition) is 1. The lowest BCUT2D eigenvalue weighted by molar-refractivity contribution is 0.512. The van der Waals surface area contributed by atoms with E-state index in [-0.39, 0.29) is 5.54 Å². The third kappa shape index (κ3) is 2.89. The highest BCUT2D eigenvalue weighted by molar-refractivity contribution is 5.60. The summed E-state index contributed by atoms with van der Waals surface area (Å²) in [5, 5.41) is 3.39. The summed E-state index contributed by atoms with van der Waals surface area (Å²) in [6, 6.07) is 0. The van der Waals surface area contributed by atoms with Crippen LogP contribution in [0.15, 0.2) is 0 Å². The maximum absolute atomic E-state index is 4.86. The van der Waals surface area contributed by atoms with Gasteiger partial charge < -0.3 is 10.2 Å². The molecule has 0 aromatic carbocycles. The average Bonchev–Trinajstić information content (AvgIpc) is 2.73. The number of rotatable bonds is 5. The van der Waals surface area contributed by atoms with E-state index < -0.39 is 0 Å². The van der Waals surface area contributed by atoms with E-state index in [2.05, 4.69) is 49.8 Å². The Bertz CT molecular complexity index is 468. The normalized spacial score (nSPS) is 17.6. The number of nitrogens with zero attached hydrogens (tertiary/aromatic N) is 3. The number of anilines is 2. The van der Waals surface area contributed by atoms with E-state index in [0.717, 1.165) is 43.4 Å². The molecule has 4 heteroatoms. The van der Waals surface area contributed by atoms with Crippen LogP contribution in [0.1, 0.15) is 58.3 Å². The maximum Gasteiger partial charge on any atom is 0.137 e. The van der Waals surface area contributed by atoms with E-state index in [4.69, 9.17) is 4.98 Å². The highest BCUT2D eigenvalue weighted by Crippen LogP contribution is 2.35. The molecule has 1 saturated heterocycles. The minimum absolute atomic E-state index is 0.200. The lowest BCUT2D eigenvalue weighted by Gasteiger charge is -2.34. The van der Waals surface area contributed by atoms with E-state index in [9.17, 15) is 0 Å². The maximum atomic E-state index is 4.86. The van der Waals surface area contributed by atoms with Gasteiger partial charge in [-0.3, -0.25) is 0 Å². The molecule has 0 radical (unpaired) electrons. The van der Waals surface area contributed by atoms with E-state index in [0.29, 0.717) is 0 Å². The first-order valence-corrected chi connectivity index (χ1v) is 7.88. The molecule has 0 saturated carbocycles. The molecule has 2 rings (SSSR count). The molecular formula is C16H28N4. The van der Waals surface area contributed by atoms with Crippen molar-refractivity contribution in [3.63, 3.8) is 0 Å². The summed E-state index contributed by atoms with van der Waals surface area (Å²) >= 11 is 0. The Morgan fingerprint density at radius 3 is 2.55 bits per heavy atom. The average molecular weight is 276 g/mol. The fraction of sp³-hybridized carbons (Fsp3) is 0.750. The van der Waals surface area contributed by atoms with Crippen molar-refractivity contribution >= 4 is 11.6 Å². The topological polar surface area (TPSA) is 41.1 Å². The first-order chi connectivity index (χ1) is 9.49. The first kappa shape index (κ1) is 15.1. The number of aryl methyl sites for hydroxylation is 1. The van der Waals surface area contributed by atoms with Gasteiger partial charge in [-0.25, -0.2) is 9.97 Å². The highest BCUT2D eigenvalue weighted by atomic mass is 15.3. The van der Waals surface area contributed by atoms with Crippen LogP contribution in [0.5, 0.6) is 0 Å². The summed E-state index contributed by atoms with van der Waals surface area (Å²) in [6.07, 6.45) is 4.50. The second-order valence-corrected chi connectivity index (χ2v) is 6.29. The largest absolute Gasteiger partial charge is 0.370 e. The predicted octanol–water partition coefficient (Wildman–Crippen LogP) is 3.55. The van der Waals surface area contributed by atoms with Crippen LogP contribution in [-0.4, -0.2) is 28.6 Å². The molecule has 0 amide bonds. The Labute approximate surface area is 123 Å². The van der Waals surface area contributed by atoms with Crippen LogP contribution in [0.25, 0.3) is 0 Å². The molecule has 0 spiro atoms. The third-order valence-electron chi connectivity index (χ3n) is 4.14. The summed E-state index contributed by atoms with van der Waals surface area (Å²) < 4.78 is 0. The Hall–Kier alpha value is -1.32. The van der Waals surface area contributed by atoms with E-state index >= 15 is 0 Å². The van der Waals surface area contributed by atoms with Crippen LogP contribution in [0.2, 0.25) is 0 Å². The van der Waals surface area contributed by atoms with Crippen molar-refractivity contribution in [2.75, 3.05) is 23.3 Å². The number of aromatic nitrogens is 2. The van der Waals surface area contributed by atoms with Crippen molar-refractivity contribution in [3.05, 3.63) is 11.4 Å². The lowest BCUT2D eigenvalue weighted by atomic mass is 10.0. The van der Waals surface area contributed by atoms with Gasteiger partial charge in [-0.05, 0) is 47.0 Å². The van der Waals surface area contributed by atoms with Crippen LogP contribution in [0, 0.1) is 6.92 Å². The molecule has 0 atom stereocenters. The Morgan fingerprint density at radius 2 is 2.00 bits per heavy atom. The van der Waals surface area contributed by atoms with Crippen molar-refractivity contribution < 1.29 is 0 Å². The zero-order chi connectivity index (χ0) is 14.8. The lowest BCUT2D eigenvalue weighted by Crippen LogP contribution is -2.39. The first-order valence-electron chi connectivity index (χ1n) is 7.88. The van der Waals surface area contributed by atoms with Gasteiger partial charge in [0.15, 0.2) is 0 Å². The summed E-state index contributed by atoms with van der Waals surface area (Å²) in [7, 11) is 0. The zero-order valence-corrected chi connectivity index (χ0v) is 13.6. The molecular weight excluding hydrogens is 248 g/mol. The molecule has 0 unspecified atom stereocenters. The van der Waals surface area contributed by atoms with Crippen molar-refractivity contribution in [1.82, 2.24) is 9.97 Å².